The number of hydrogen-bond donors (Lipinski definition) is 2. The Labute approximate surface area is 150 Å². The summed E-state index contributed by atoms with van der Waals surface area (Å²) in [5.74, 6) is 0.545. The first kappa shape index (κ1) is 16.2. The number of aryl methyl sites for hydroxylation is 2. The van der Waals surface area contributed by atoms with Crippen LogP contribution in [0.5, 0.6) is 0 Å². The van der Waals surface area contributed by atoms with Crippen molar-refractivity contribution in [2.24, 2.45) is 0 Å². The van der Waals surface area contributed by atoms with Gasteiger partial charge in [-0.05, 0) is 31.0 Å². The molecule has 0 saturated carbocycles. The van der Waals surface area contributed by atoms with Crippen molar-refractivity contribution >= 4 is 28.7 Å². The predicted molar refractivity (Wildman–Crippen MR) is 98.6 cm³/mol. The second-order valence-corrected chi connectivity index (χ2v) is 7.36. The van der Waals surface area contributed by atoms with Crippen LogP contribution >= 0.6 is 11.8 Å². The van der Waals surface area contributed by atoms with Gasteiger partial charge in [0.1, 0.15) is 0 Å². The van der Waals surface area contributed by atoms with Crippen molar-refractivity contribution in [2.45, 2.75) is 38.4 Å². The summed E-state index contributed by atoms with van der Waals surface area (Å²) >= 11 is 1.47. The Morgan fingerprint density at radius 2 is 2.28 bits per heavy atom. The number of fused-ring (bicyclic) bond motifs is 2. The van der Waals surface area contributed by atoms with Gasteiger partial charge in [-0.15, -0.1) is 0 Å². The summed E-state index contributed by atoms with van der Waals surface area (Å²) in [6.45, 7) is 5.56. The maximum atomic E-state index is 12.6. The van der Waals surface area contributed by atoms with E-state index in [0.717, 1.165) is 41.3 Å². The van der Waals surface area contributed by atoms with Gasteiger partial charge in [-0.25, -0.2) is 4.98 Å². The molecule has 4 rings (SSSR count). The molecule has 1 aliphatic rings. The fourth-order valence-electron chi connectivity index (χ4n) is 3.25. The van der Waals surface area contributed by atoms with Crippen LogP contribution in [0.2, 0.25) is 0 Å². The number of imidazole rings is 1. The molecule has 0 atom stereocenters. The number of benzene rings is 1. The molecule has 0 aliphatic carbocycles. The van der Waals surface area contributed by atoms with Crippen molar-refractivity contribution < 1.29 is 4.79 Å². The van der Waals surface area contributed by atoms with Crippen LogP contribution in [0.25, 0.3) is 11.0 Å². The molecule has 2 aromatic heterocycles. The molecule has 2 N–H and O–H groups in total. The fraction of sp³-hybridized carbons (Fsp3) is 0.389. The van der Waals surface area contributed by atoms with Crippen LogP contribution in [-0.2, 0) is 24.2 Å². The van der Waals surface area contributed by atoms with Crippen LogP contribution in [0, 0.1) is 6.92 Å². The zero-order chi connectivity index (χ0) is 17.4. The van der Waals surface area contributed by atoms with Crippen molar-refractivity contribution in [3.63, 3.8) is 0 Å². The van der Waals surface area contributed by atoms with Crippen molar-refractivity contribution in [2.75, 3.05) is 12.3 Å². The summed E-state index contributed by atoms with van der Waals surface area (Å²) in [5.41, 5.74) is 6.61. The third kappa shape index (κ3) is 3.16. The molecule has 0 unspecified atom stereocenters. The third-order valence-corrected chi connectivity index (χ3v) is 5.51. The van der Waals surface area contributed by atoms with Crippen molar-refractivity contribution in [3.05, 3.63) is 40.7 Å². The highest BCUT2D eigenvalue weighted by atomic mass is 32.2. The van der Waals surface area contributed by atoms with E-state index in [0.29, 0.717) is 12.3 Å². The van der Waals surface area contributed by atoms with Crippen LogP contribution in [0.3, 0.4) is 0 Å². The van der Waals surface area contributed by atoms with Gasteiger partial charge in [-0.3, -0.25) is 9.89 Å². The summed E-state index contributed by atoms with van der Waals surface area (Å²) in [5, 5.41) is 8.25. The quantitative estimate of drug-likeness (QED) is 0.706. The Kier molecular flexibility index (Phi) is 4.25. The van der Waals surface area contributed by atoms with Crippen molar-refractivity contribution in [3.8, 4) is 0 Å². The van der Waals surface area contributed by atoms with Crippen molar-refractivity contribution in [1.29, 1.82) is 0 Å². The molecule has 7 heteroatoms. The van der Waals surface area contributed by atoms with E-state index in [1.165, 1.54) is 28.6 Å². The molecule has 0 fully saturated rings. The zero-order valence-electron chi connectivity index (χ0n) is 14.4. The average molecular weight is 355 g/mol. The van der Waals surface area contributed by atoms with Crippen LogP contribution in [-0.4, -0.2) is 43.3 Å². The van der Waals surface area contributed by atoms with E-state index in [4.69, 9.17) is 0 Å². The number of nitrogens with zero attached hydrogens (tertiary/aromatic N) is 3. The molecule has 1 aliphatic heterocycles. The van der Waals surface area contributed by atoms with E-state index >= 15 is 0 Å². The molecular formula is C18H21N5OS. The van der Waals surface area contributed by atoms with Gasteiger partial charge in [-0.2, -0.15) is 5.10 Å². The smallest absolute Gasteiger partial charge is 0.233 e. The molecule has 130 valence electrons. The topological polar surface area (TPSA) is 77.7 Å². The number of carbonyl (C=O) groups excluding carboxylic acids is 1. The maximum absolute atomic E-state index is 12.6. The van der Waals surface area contributed by atoms with Gasteiger partial charge in [0.25, 0.3) is 0 Å². The average Bonchev–Trinajstić information content (AvgIpc) is 3.21. The Morgan fingerprint density at radius 3 is 3.12 bits per heavy atom. The number of nitrogens with one attached hydrogen (secondary N) is 2. The first-order valence-electron chi connectivity index (χ1n) is 8.56. The van der Waals surface area contributed by atoms with E-state index in [2.05, 4.69) is 40.1 Å². The molecule has 0 bridgehead atoms. The van der Waals surface area contributed by atoms with E-state index in [9.17, 15) is 4.79 Å². The Bertz CT molecular complexity index is 915. The standard InChI is InChI=1S/C18H21N5OS/c1-3-13-12-9-23(7-6-14(12)22-21-13)17(24)10-25-18-19-15-5-4-11(2)8-16(15)20-18/h4-5,8H,3,6-7,9-10H2,1-2H3,(H,19,20)(H,21,22). The highest BCUT2D eigenvalue weighted by molar-refractivity contribution is 7.99. The van der Waals surface area contributed by atoms with Gasteiger partial charge in [0.05, 0.1) is 22.5 Å². The van der Waals surface area contributed by atoms with Crippen LogP contribution in [0.4, 0.5) is 0 Å². The molecule has 0 radical (unpaired) electrons. The number of H-pyrrole nitrogens is 2. The van der Waals surface area contributed by atoms with Gasteiger partial charge in [0, 0.05) is 30.8 Å². The second kappa shape index (κ2) is 6.55. The van der Waals surface area contributed by atoms with Gasteiger partial charge < -0.3 is 9.88 Å². The molecule has 0 spiro atoms. The number of aromatic nitrogens is 4. The third-order valence-electron chi connectivity index (χ3n) is 4.65. The van der Waals surface area contributed by atoms with Crippen molar-refractivity contribution in [1.82, 2.24) is 25.1 Å². The minimum absolute atomic E-state index is 0.149. The van der Waals surface area contributed by atoms with E-state index in [1.54, 1.807) is 0 Å². The number of hydrogen-bond acceptors (Lipinski definition) is 4. The molecule has 6 nitrogen and oxygen atoms in total. The maximum Gasteiger partial charge on any atom is 0.233 e. The van der Waals surface area contributed by atoms with Gasteiger partial charge >= 0.3 is 0 Å². The summed E-state index contributed by atoms with van der Waals surface area (Å²) in [7, 11) is 0. The lowest BCUT2D eigenvalue weighted by Crippen LogP contribution is -2.37. The summed E-state index contributed by atoms with van der Waals surface area (Å²) in [4.78, 5) is 22.4. The number of amides is 1. The molecule has 3 heterocycles. The summed E-state index contributed by atoms with van der Waals surface area (Å²) in [6, 6.07) is 6.13. The Balaban J connectivity index is 1.41. The lowest BCUT2D eigenvalue weighted by molar-refractivity contribution is -0.129. The number of aromatic amines is 2. The molecule has 3 aromatic rings. The minimum Gasteiger partial charge on any atom is -0.337 e. The largest absolute Gasteiger partial charge is 0.337 e. The number of rotatable bonds is 4. The predicted octanol–water partition coefficient (Wildman–Crippen LogP) is 2.83. The van der Waals surface area contributed by atoms with E-state index in [-0.39, 0.29) is 5.91 Å². The highest BCUT2D eigenvalue weighted by Crippen LogP contribution is 2.24. The second-order valence-electron chi connectivity index (χ2n) is 6.40. The Morgan fingerprint density at radius 1 is 1.40 bits per heavy atom. The normalized spacial score (nSPS) is 14.1. The minimum atomic E-state index is 0.149. The van der Waals surface area contributed by atoms with Gasteiger partial charge in [0.15, 0.2) is 5.16 Å². The van der Waals surface area contributed by atoms with Crippen LogP contribution < -0.4 is 0 Å². The SMILES string of the molecule is CCc1n[nH]c2c1CN(C(=O)CSc1nc3ccc(C)cc3[nH]1)CC2. The molecular weight excluding hydrogens is 334 g/mol. The first-order chi connectivity index (χ1) is 12.1. The van der Waals surface area contributed by atoms with Gasteiger partial charge in [-0.1, -0.05) is 24.8 Å². The monoisotopic (exact) mass is 355 g/mol. The zero-order valence-corrected chi connectivity index (χ0v) is 15.2. The lowest BCUT2D eigenvalue weighted by atomic mass is 10.0. The lowest BCUT2D eigenvalue weighted by Gasteiger charge is -2.27. The molecule has 0 saturated heterocycles. The molecule has 25 heavy (non-hydrogen) atoms. The van der Waals surface area contributed by atoms with E-state index < -0.39 is 0 Å². The molecule has 1 aromatic carbocycles. The highest BCUT2D eigenvalue weighted by Gasteiger charge is 2.24. The summed E-state index contributed by atoms with van der Waals surface area (Å²) < 4.78 is 0. The fourth-order valence-corrected chi connectivity index (χ4v) is 4.04. The summed E-state index contributed by atoms with van der Waals surface area (Å²) in [6.07, 6.45) is 1.74. The Hall–Kier alpha value is -2.28. The molecule has 1 amide bonds. The van der Waals surface area contributed by atoms with Crippen LogP contribution in [0.15, 0.2) is 23.4 Å². The number of thioether (sulfide) groups is 1. The number of carbonyl (C=O) groups is 1. The van der Waals surface area contributed by atoms with Gasteiger partial charge in [0.2, 0.25) is 5.91 Å². The first-order valence-corrected chi connectivity index (χ1v) is 9.54. The van der Waals surface area contributed by atoms with Crippen LogP contribution in [0.1, 0.15) is 29.4 Å². The van der Waals surface area contributed by atoms with E-state index in [1.807, 2.05) is 17.0 Å².